The fourth-order valence-electron chi connectivity index (χ4n) is 2.10. The van der Waals surface area contributed by atoms with Crippen LogP contribution in [0.2, 0.25) is 0 Å². The molecule has 116 valence electrons. The highest BCUT2D eigenvalue weighted by atomic mass is 32.2. The molecule has 0 unspecified atom stereocenters. The van der Waals surface area contributed by atoms with Crippen molar-refractivity contribution in [2.75, 3.05) is 6.26 Å². The molecule has 1 aliphatic heterocycles. The topological polar surface area (TPSA) is 105 Å². The van der Waals surface area contributed by atoms with E-state index in [1.165, 1.54) is 4.31 Å². The minimum absolute atomic E-state index is 0.0489. The Kier molecular flexibility index (Phi) is 3.67. The Bertz CT molecular complexity index is 777. The van der Waals surface area contributed by atoms with E-state index in [0.29, 0.717) is 18.0 Å². The number of pyridine rings is 1. The Morgan fingerprint density at radius 1 is 1.36 bits per heavy atom. The highest BCUT2D eigenvalue weighted by molar-refractivity contribution is 7.88. The van der Waals surface area contributed by atoms with Gasteiger partial charge in [-0.2, -0.15) is 4.31 Å². The fraction of sp³-hybridized carbons (Fsp3) is 0.308. The Labute approximate surface area is 127 Å². The monoisotopic (exact) mass is 322 g/mol. The van der Waals surface area contributed by atoms with Crippen molar-refractivity contribution in [2.45, 2.75) is 19.6 Å². The molecule has 1 aliphatic rings. The quantitative estimate of drug-likeness (QED) is 0.866. The van der Waals surface area contributed by atoms with Gasteiger partial charge in [0.1, 0.15) is 5.76 Å². The molecule has 0 radical (unpaired) electrons. The lowest BCUT2D eigenvalue weighted by Crippen LogP contribution is -2.25. The maximum absolute atomic E-state index is 12.0. The molecule has 0 saturated heterocycles. The van der Waals surface area contributed by atoms with Gasteiger partial charge in [-0.05, 0) is 17.7 Å². The number of sulfonamides is 1. The van der Waals surface area contributed by atoms with Crippen LogP contribution in [-0.4, -0.2) is 34.9 Å². The molecule has 2 aromatic rings. The van der Waals surface area contributed by atoms with Crippen molar-refractivity contribution in [1.29, 1.82) is 0 Å². The summed E-state index contributed by atoms with van der Waals surface area (Å²) in [7, 11) is -3.29. The van der Waals surface area contributed by atoms with E-state index in [-0.39, 0.29) is 19.0 Å². The first-order valence-corrected chi connectivity index (χ1v) is 8.39. The first-order valence-electron chi connectivity index (χ1n) is 6.54. The first-order chi connectivity index (χ1) is 10.4. The Balaban J connectivity index is 1.65. The Morgan fingerprint density at radius 3 is 2.73 bits per heavy atom. The predicted octanol–water partition coefficient (Wildman–Crippen LogP) is 0.275. The number of carbonyl (C=O) groups excluding carboxylic acids is 1. The summed E-state index contributed by atoms with van der Waals surface area (Å²) in [6.45, 7) is 0.581. The van der Waals surface area contributed by atoms with Crippen LogP contribution in [0, 0.1) is 0 Å². The summed E-state index contributed by atoms with van der Waals surface area (Å²) < 4.78 is 29.5. The van der Waals surface area contributed by atoms with Gasteiger partial charge in [0, 0.05) is 18.9 Å². The van der Waals surface area contributed by atoms with Gasteiger partial charge < -0.3 is 9.73 Å². The van der Waals surface area contributed by atoms with Crippen LogP contribution in [0.4, 0.5) is 0 Å². The number of amides is 1. The third-order valence-electron chi connectivity index (χ3n) is 3.29. The van der Waals surface area contributed by atoms with Crippen molar-refractivity contribution in [1.82, 2.24) is 19.6 Å². The smallest absolute Gasteiger partial charge is 0.307 e. The van der Waals surface area contributed by atoms with Crippen LogP contribution < -0.4 is 5.32 Å². The highest BCUT2D eigenvalue weighted by Crippen LogP contribution is 2.25. The average molecular weight is 322 g/mol. The lowest BCUT2D eigenvalue weighted by atomic mass is 10.3. The second kappa shape index (κ2) is 5.50. The molecule has 0 aromatic carbocycles. The summed E-state index contributed by atoms with van der Waals surface area (Å²) in [6, 6.07) is 3.58. The SMILES string of the molecule is CS(=O)(=O)N1Cc2nc(C(=O)NCc3ccncc3)oc2C1. The van der Waals surface area contributed by atoms with E-state index in [1.54, 1.807) is 24.5 Å². The van der Waals surface area contributed by atoms with Crippen LogP contribution in [-0.2, 0) is 29.7 Å². The van der Waals surface area contributed by atoms with Crippen molar-refractivity contribution < 1.29 is 17.6 Å². The zero-order chi connectivity index (χ0) is 15.7. The van der Waals surface area contributed by atoms with Gasteiger partial charge >= 0.3 is 5.91 Å². The molecule has 8 nitrogen and oxygen atoms in total. The first kappa shape index (κ1) is 14.7. The van der Waals surface area contributed by atoms with Gasteiger partial charge in [-0.25, -0.2) is 13.4 Å². The molecular formula is C13H14N4O4S. The van der Waals surface area contributed by atoms with Gasteiger partial charge in [0.25, 0.3) is 5.89 Å². The summed E-state index contributed by atoms with van der Waals surface area (Å²) >= 11 is 0. The lowest BCUT2D eigenvalue weighted by Gasteiger charge is -2.10. The molecule has 0 aliphatic carbocycles. The Hall–Kier alpha value is -2.26. The number of oxazole rings is 1. The lowest BCUT2D eigenvalue weighted by molar-refractivity contribution is 0.0913. The zero-order valence-electron chi connectivity index (χ0n) is 11.8. The Morgan fingerprint density at radius 2 is 2.09 bits per heavy atom. The summed E-state index contributed by atoms with van der Waals surface area (Å²) in [6.07, 6.45) is 4.41. The molecule has 1 N–H and O–H groups in total. The molecule has 0 fully saturated rings. The standard InChI is InChI=1S/C13H14N4O4S/c1-22(19,20)17-7-10-11(8-17)21-13(16-10)12(18)15-6-9-2-4-14-5-3-9/h2-5H,6-8H2,1H3,(H,15,18). The maximum atomic E-state index is 12.0. The molecule has 3 heterocycles. The zero-order valence-corrected chi connectivity index (χ0v) is 12.6. The van der Waals surface area contributed by atoms with E-state index in [0.717, 1.165) is 11.8 Å². The highest BCUT2D eigenvalue weighted by Gasteiger charge is 2.32. The van der Waals surface area contributed by atoms with Crippen molar-refractivity contribution in [2.24, 2.45) is 0 Å². The molecule has 0 saturated carbocycles. The minimum atomic E-state index is -3.29. The van der Waals surface area contributed by atoms with Crippen molar-refractivity contribution in [3.63, 3.8) is 0 Å². The van der Waals surface area contributed by atoms with E-state index >= 15 is 0 Å². The summed E-state index contributed by atoms with van der Waals surface area (Å²) in [5.41, 5.74) is 1.39. The molecule has 9 heteroatoms. The summed E-state index contributed by atoms with van der Waals surface area (Å²) in [5.74, 6) is -0.0659. The third kappa shape index (κ3) is 3.00. The molecule has 0 spiro atoms. The number of nitrogens with one attached hydrogen (secondary N) is 1. The number of carbonyl (C=O) groups is 1. The number of fused-ring (bicyclic) bond motifs is 1. The largest absolute Gasteiger partial charge is 0.436 e. The van der Waals surface area contributed by atoms with Gasteiger partial charge in [-0.15, -0.1) is 0 Å². The van der Waals surface area contributed by atoms with Crippen molar-refractivity contribution >= 4 is 15.9 Å². The number of hydrogen-bond donors (Lipinski definition) is 1. The van der Waals surface area contributed by atoms with E-state index in [1.807, 2.05) is 0 Å². The number of nitrogens with zero attached hydrogens (tertiary/aromatic N) is 3. The maximum Gasteiger partial charge on any atom is 0.307 e. The minimum Gasteiger partial charge on any atom is -0.436 e. The van der Waals surface area contributed by atoms with Crippen molar-refractivity contribution in [3.8, 4) is 0 Å². The second-order valence-corrected chi connectivity index (χ2v) is 6.94. The molecule has 0 atom stereocenters. The molecule has 3 rings (SSSR count). The molecule has 0 bridgehead atoms. The van der Waals surface area contributed by atoms with Crippen LogP contribution >= 0.6 is 0 Å². The van der Waals surface area contributed by atoms with E-state index in [4.69, 9.17) is 4.42 Å². The molecule has 1 amide bonds. The number of hydrogen-bond acceptors (Lipinski definition) is 6. The summed E-state index contributed by atoms with van der Waals surface area (Å²) in [4.78, 5) is 20.0. The van der Waals surface area contributed by atoms with Crippen LogP contribution in [0.1, 0.15) is 27.7 Å². The predicted molar refractivity (Wildman–Crippen MR) is 76.0 cm³/mol. The van der Waals surface area contributed by atoms with E-state index < -0.39 is 15.9 Å². The van der Waals surface area contributed by atoms with Gasteiger partial charge in [-0.3, -0.25) is 9.78 Å². The van der Waals surface area contributed by atoms with Crippen LogP contribution in [0.5, 0.6) is 0 Å². The molecular weight excluding hydrogens is 308 g/mol. The van der Waals surface area contributed by atoms with E-state index in [9.17, 15) is 13.2 Å². The third-order valence-corrected chi connectivity index (χ3v) is 4.49. The van der Waals surface area contributed by atoms with Gasteiger partial charge in [0.2, 0.25) is 10.0 Å². The van der Waals surface area contributed by atoms with Crippen LogP contribution in [0.3, 0.4) is 0 Å². The van der Waals surface area contributed by atoms with Gasteiger partial charge in [0.15, 0.2) is 0 Å². The fourth-order valence-corrected chi connectivity index (χ4v) is 2.81. The molecule has 22 heavy (non-hydrogen) atoms. The van der Waals surface area contributed by atoms with Gasteiger partial charge in [0.05, 0.1) is 25.0 Å². The van der Waals surface area contributed by atoms with Crippen molar-refractivity contribution in [3.05, 3.63) is 47.4 Å². The summed E-state index contributed by atoms with van der Waals surface area (Å²) in [5, 5.41) is 2.69. The second-order valence-electron chi connectivity index (χ2n) is 4.96. The van der Waals surface area contributed by atoms with E-state index in [2.05, 4.69) is 15.3 Å². The molecule has 2 aromatic heterocycles. The van der Waals surface area contributed by atoms with Crippen LogP contribution in [0.25, 0.3) is 0 Å². The van der Waals surface area contributed by atoms with Crippen LogP contribution in [0.15, 0.2) is 28.9 Å². The van der Waals surface area contributed by atoms with Gasteiger partial charge in [-0.1, -0.05) is 0 Å². The number of aromatic nitrogens is 2. The normalized spacial score (nSPS) is 14.8. The average Bonchev–Trinajstić information content (AvgIpc) is 3.04. The number of rotatable bonds is 4.